The fraction of sp³-hybridized carbons (Fsp3) is 0.440. The van der Waals surface area contributed by atoms with Crippen LogP contribution in [0.25, 0.3) is 0 Å². The van der Waals surface area contributed by atoms with Gasteiger partial charge in [0.15, 0.2) is 0 Å². The third-order valence-electron chi connectivity index (χ3n) is 6.13. The van der Waals surface area contributed by atoms with E-state index in [1.165, 1.54) is 5.56 Å². The van der Waals surface area contributed by atoms with E-state index in [0.29, 0.717) is 43.7 Å². The number of hydrogen-bond donors (Lipinski definition) is 3. The van der Waals surface area contributed by atoms with E-state index in [1.807, 2.05) is 19.1 Å². The molecule has 1 aliphatic carbocycles. The normalized spacial score (nSPS) is 17.3. The first-order chi connectivity index (χ1) is 15.6. The molecule has 0 unspecified atom stereocenters. The van der Waals surface area contributed by atoms with Gasteiger partial charge in [-0.1, -0.05) is 12.1 Å². The minimum absolute atomic E-state index is 0.129. The topological polar surface area (TPSA) is 88.7 Å². The summed E-state index contributed by atoms with van der Waals surface area (Å²) in [4.78, 5) is 24.7. The molecule has 1 saturated carbocycles. The van der Waals surface area contributed by atoms with Crippen LogP contribution in [0, 0.1) is 0 Å². The lowest BCUT2D eigenvalue weighted by Crippen LogP contribution is -2.44. The molecule has 170 valence electrons. The number of amides is 3. The standard InChI is InChI=1S/C25H31N3O4/c1-2-32-22-11-5-19(6-12-22)25(13-15-31-16-14-25)17-26-23(29)18-3-7-20(8-4-18)27-24(30)28-21-9-10-21/h3-8,11-12,21H,2,9-10,13-17H2,1H3,(H,26,29)(H2,27,28,30). The Hall–Kier alpha value is -3.06. The summed E-state index contributed by atoms with van der Waals surface area (Å²) in [5.41, 5.74) is 2.24. The van der Waals surface area contributed by atoms with Crippen LogP contribution in [-0.4, -0.2) is 44.3 Å². The van der Waals surface area contributed by atoms with Gasteiger partial charge in [-0.3, -0.25) is 4.79 Å². The van der Waals surface area contributed by atoms with Gasteiger partial charge in [0.05, 0.1) is 6.61 Å². The minimum atomic E-state index is -0.207. The van der Waals surface area contributed by atoms with E-state index < -0.39 is 0 Å². The van der Waals surface area contributed by atoms with Crippen LogP contribution in [0.3, 0.4) is 0 Å². The number of nitrogens with one attached hydrogen (secondary N) is 3. The molecule has 1 heterocycles. The molecule has 7 heteroatoms. The van der Waals surface area contributed by atoms with Gasteiger partial charge < -0.3 is 25.4 Å². The number of benzene rings is 2. The maximum atomic E-state index is 12.8. The smallest absolute Gasteiger partial charge is 0.319 e. The molecule has 0 bridgehead atoms. The zero-order valence-electron chi connectivity index (χ0n) is 18.5. The number of carbonyl (C=O) groups is 2. The maximum Gasteiger partial charge on any atom is 0.319 e. The Kier molecular flexibility index (Phi) is 6.95. The second kappa shape index (κ2) is 10.0. The zero-order valence-corrected chi connectivity index (χ0v) is 18.5. The highest BCUT2D eigenvalue weighted by Gasteiger charge is 2.35. The van der Waals surface area contributed by atoms with E-state index in [1.54, 1.807) is 24.3 Å². The lowest BCUT2D eigenvalue weighted by Gasteiger charge is -2.38. The van der Waals surface area contributed by atoms with Crippen molar-refractivity contribution in [2.24, 2.45) is 0 Å². The van der Waals surface area contributed by atoms with Crippen molar-refractivity contribution in [1.82, 2.24) is 10.6 Å². The molecule has 2 aromatic carbocycles. The van der Waals surface area contributed by atoms with E-state index in [2.05, 4.69) is 28.1 Å². The van der Waals surface area contributed by atoms with Crippen molar-refractivity contribution in [1.29, 1.82) is 0 Å². The molecule has 1 saturated heterocycles. The first kappa shape index (κ1) is 22.1. The Morgan fingerprint density at radius 2 is 1.72 bits per heavy atom. The Labute approximate surface area is 188 Å². The summed E-state index contributed by atoms with van der Waals surface area (Å²) in [5.74, 6) is 0.720. The molecular formula is C25H31N3O4. The molecule has 7 nitrogen and oxygen atoms in total. The predicted molar refractivity (Wildman–Crippen MR) is 123 cm³/mol. The van der Waals surface area contributed by atoms with E-state index in [-0.39, 0.29) is 17.4 Å². The molecule has 1 aliphatic heterocycles. The number of rotatable bonds is 8. The van der Waals surface area contributed by atoms with Crippen LogP contribution in [0.5, 0.6) is 5.75 Å². The highest BCUT2D eigenvalue weighted by molar-refractivity contribution is 5.95. The number of urea groups is 1. The monoisotopic (exact) mass is 437 g/mol. The Morgan fingerprint density at radius 3 is 2.34 bits per heavy atom. The van der Waals surface area contributed by atoms with Gasteiger partial charge in [-0.05, 0) is 74.6 Å². The second-order valence-electron chi connectivity index (χ2n) is 8.48. The van der Waals surface area contributed by atoms with E-state index in [4.69, 9.17) is 9.47 Å². The zero-order chi connectivity index (χ0) is 22.4. The highest BCUT2D eigenvalue weighted by atomic mass is 16.5. The summed E-state index contributed by atoms with van der Waals surface area (Å²) < 4.78 is 11.2. The van der Waals surface area contributed by atoms with Gasteiger partial charge in [-0.2, -0.15) is 0 Å². The summed E-state index contributed by atoms with van der Waals surface area (Å²) in [6.07, 6.45) is 3.77. The van der Waals surface area contributed by atoms with Crippen LogP contribution in [0.4, 0.5) is 10.5 Å². The predicted octanol–water partition coefficient (Wildman–Crippen LogP) is 3.85. The van der Waals surface area contributed by atoms with Crippen molar-refractivity contribution in [3.8, 4) is 5.75 Å². The van der Waals surface area contributed by atoms with Gasteiger partial charge in [0, 0.05) is 42.5 Å². The Bertz CT molecular complexity index is 917. The number of carbonyl (C=O) groups excluding carboxylic acids is 2. The first-order valence-corrected chi connectivity index (χ1v) is 11.3. The Morgan fingerprint density at radius 1 is 1.03 bits per heavy atom. The van der Waals surface area contributed by atoms with Gasteiger partial charge in [0.2, 0.25) is 0 Å². The quantitative estimate of drug-likeness (QED) is 0.585. The summed E-state index contributed by atoms with van der Waals surface area (Å²) in [7, 11) is 0. The molecule has 2 fully saturated rings. The minimum Gasteiger partial charge on any atom is -0.494 e. The Balaban J connectivity index is 1.38. The van der Waals surface area contributed by atoms with Gasteiger partial charge in [0.1, 0.15) is 5.75 Å². The van der Waals surface area contributed by atoms with Crippen LogP contribution < -0.4 is 20.7 Å². The van der Waals surface area contributed by atoms with Crippen molar-refractivity contribution >= 4 is 17.6 Å². The number of hydrogen-bond acceptors (Lipinski definition) is 4. The number of anilines is 1. The highest BCUT2D eigenvalue weighted by Crippen LogP contribution is 2.35. The molecule has 3 amide bonds. The van der Waals surface area contributed by atoms with Gasteiger partial charge >= 0.3 is 6.03 Å². The van der Waals surface area contributed by atoms with E-state index >= 15 is 0 Å². The first-order valence-electron chi connectivity index (χ1n) is 11.3. The van der Waals surface area contributed by atoms with Gasteiger partial charge in [-0.15, -0.1) is 0 Å². The summed E-state index contributed by atoms with van der Waals surface area (Å²) in [6.45, 7) is 4.48. The molecule has 0 radical (unpaired) electrons. The summed E-state index contributed by atoms with van der Waals surface area (Å²) >= 11 is 0. The molecule has 0 aromatic heterocycles. The van der Waals surface area contributed by atoms with E-state index in [9.17, 15) is 9.59 Å². The maximum absolute atomic E-state index is 12.8. The largest absolute Gasteiger partial charge is 0.494 e. The third kappa shape index (κ3) is 5.59. The number of ether oxygens (including phenoxy) is 2. The van der Waals surface area contributed by atoms with E-state index in [0.717, 1.165) is 31.4 Å². The molecule has 32 heavy (non-hydrogen) atoms. The van der Waals surface area contributed by atoms with Crippen molar-refractivity contribution < 1.29 is 19.1 Å². The molecule has 2 aromatic rings. The van der Waals surface area contributed by atoms with Crippen LogP contribution in [0.1, 0.15) is 48.5 Å². The van der Waals surface area contributed by atoms with Crippen LogP contribution >= 0.6 is 0 Å². The van der Waals surface area contributed by atoms with Crippen molar-refractivity contribution in [2.45, 2.75) is 44.1 Å². The third-order valence-corrected chi connectivity index (χ3v) is 6.13. The lowest BCUT2D eigenvalue weighted by atomic mass is 9.74. The SMILES string of the molecule is CCOc1ccc(C2(CNC(=O)c3ccc(NC(=O)NC4CC4)cc3)CCOCC2)cc1. The molecule has 3 N–H and O–H groups in total. The summed E-state index contributed by atoms with van der Waals surface area (Å²) in [6, 6.07) is 15.2. The van der Waals surface area contributed by atoms with Crippen molar-refractivity contribution in [3.63, 3.8) is 0 Å². The van der Waals surface area contributed by atoms with Crippen LogP contribution in [-0.2, 0) is 10.2 Å². The van der Waals surface area contributed by atoms with Crippen molar-refractivity contribution in [2.75, 3.05) is 31.7 Å². The van der Waals surface area contributed by atoms with Crippen LogP contribution in [0.15, 0.2) is 48.5 Å². The van der Waals surface area contributed by atoms with Gasteiger partial charge in [-0.25, -0.2) is 4.79 Å². The molecule has 4 rings (SSSR count). The van der Waals surface area contributed by atoms with Crippen molar-refractivity contribution in [3.05, 3.63) is 59.7 Å². The average Bonchev–Trinajstić information content (AvgIpc) is 3.63. The second-order valence-corrected chi connectivity index (χ2v) is 8.48. The molecule has 2 aliphatic rings. The average molecular weight is 438 g/mol. The summed E-state index contributed by atoms with van der Waals surface area (Å²) in [5, 5.41) is 8.79. The fourth-order valence-electron chi connectivity index (χ4n) is 4.04. The van der Waals surface area contributed by atoms with Crippen LogP contribution in [0.2, 0.25) is 0 Å². The molecule has 0 spiro atoms. The lowest BCUT2D eigenvalue weighted by molar-refractivity contribution is 0.0487. The molecular weight excluding hydrogens is 406 g/mol. The fourth-order valence-corrected chi connectivity index (χ4v) is 4.04. The van der Waals surface area contributed by atoms with Gasteiger partial charge in [0.25, 0.3) is 5.91 Å². The molecule has 0 atom stereocenters.